The molecule has 0 saturated carbocycles. The topological polar surface area (TPSA) is 54.4 Å². The number of hydrogen-bond acceptors (Lipinski definition) is 5. The van der Waals surface area contributed by atoms with E-state index in [2.05, 4.69) is 18.7 Å². The van der Waals surface area contributed by atoms with Gasteiger partial charge in [0.05, 0.1) is 30.9 Å². The summed E-state index contributed by atoms with van der Waals surface area (Å²) >= 11 is 6.93. The summed E-state index contributed by atoms with van der Waals surface area (Å²) < 4.78 is 10.9. The predicted molar refractivity (Wildman–Crippen MR) is 106 cm³/mol. The molecule has 6 nitrogen and oxygen atoms in total. The molecule has 0 aromatic heterocycles. The molecule has 0 radical (unpaired) electrons. The van der Waals surface area contributed by atoms with Crippen LogP contribution in [0.2, 0.25) is 0 Å². The molecule has 0 aliphatic carbocycles. The van der Waals surface area contributed by atoms with Gasteiger partial charge in [-0.05, 0) is 18.9 Å². The lowest BCUT2D eigenvalue weighted by Crippen LogP contribution is -2.70. The predicted octanol–water partition coefficient (Wildman–Crippen LogP) is 3.54. The minimum Gasteiger partial charge on any atom is -0.448 e. The number of hydrogen-bond donors (Lipinski definition) is 0. The Balaban J connectivity index is 2.11. The van der Waals surface area contributed by atoms with Crippen molar-refractivity contribution in [2.24, 2.45) is 11.0 Å². The largest absolute Gasteiger partial charge is 0.448 e. The standard InChI is InChI=1S/C20H28ClN3O3/c1-4-20(23-11-13-26-14-12-23)15(3)17(21)18(16-9-7-6-8-10-16)22-24(20)19(25)27-5-2/h6-10,15,17H,4-5,11-14H2,1-3H3/t15-,17-,20-/m1/s1. The molecule has 0 N–H and O–H groups in total. The molecule has 2 aliphatic rings. The minimum atomic E-state index is -0.638. The van der Waals surface area contributed by atoms with E-state index in [9.17, 15) is 4.79 Å². The van der Waals surface area contributed by atoms with Gasteiger partial charge in [0, 0.05) is 19.0 Å². The van der Waals surface area contributed by atoms with Crippen LogP contribution in [0.25, 0.3) is 0 Å². The lowest BCUT2D eigenvalue weighted by molar-refractivity contribution is -0.125. The monoisotopic (exact) mass is 393 g/mol. The Morgan fingerprint density at radius 1 is 1.30 bits per heavy atom. The molecular formula is C20H28ClN3O3. The lowest BCUT2D eigenvalue weighted by Gasteiger charge is -2.55. The highest BCUT2D eigenvalue weighted by Gasteiger charge is 2.55. The number of nitrogens with zero attached hydrogens (tertiary/aromatic N) is 3. The van der Waals surface area contributed by atoms with Crippen molar-refractivity contribution in [3.63, 3.8) is 0 Å². The summed E-state index contributed by atoms with van der Waals surface area (Å²) in [5.41, 5.74) is 0.987. The van der Waals surface area contributed by atoms with Crippen LogP contribution >= 0.6 is 11.6 Å². The Labute approximate surface area is 166 Å². The normalized spacial score (nSPS) is 29.3. The van der Waals surface area contributed by atoms with Crippen LogP contribution in [0.5, 0.6) is 0 Å². The van der Waals surface area contributed by atoms with Crippen LogP contribution in [0.4, 0.5) is 4.79 Å². The zero-order valence-electron chi connectivity index (χ0n) is 16.2. The fourth-order valence-corrected chi connectivity index (χ4v) is 4.56. The van der Waals surface area contributed by atoms with Crippen molar-refractivity contribution in [1.82, 2.24) is 9.91 Å². The van der Waals surface area contributed by atoms with E-state index in [0.29, 0.717) is 32.0 Å². The van der Waals surface area contributed by atoms with Crippen molar-refractivity contribution in [2.45, 2.75) is 38.2 Å². The number of benzene rings is 1. The van der Waals surface area contributed by atoms with Gasteiger partial charge in [0.25, 0.3) is 0 Å². The third-order valence-electron chi connectivity index (χ3n) is 5.59. The quantitative estimate of drug-likeness (QED) is 0.734. The van der Waals surface area contributed by atoms with E-state index in [-0.39, 0.29) is 11.3 Å². The first-order chi connectivity index (χ1) is 13.1. The summed E-state index contributed by atoms with van der Waals surface area (Å²) in [5.74, 6) is -0.0422. The summed E-state index contributed by atoms with van der Waals surface area (Å²) in [7, 11) is 0. The Kier molecular flexibility index (Phi) is 6.40. The number of amides is 1. The molecule has 0 bridgehead atoms. The summed E-state index contributed by atoms with van der Waals surface area (Å²) in [5, 5.41) is 5.98. The maximum atomic E-state index is 12.9. The molecule has 1 fully saturated rings. The molecule has 1 aromatic carbocycles. The Morgan fingerprint density at radius 3 is 2.56 bits per heavy atom. The molecule has 2 aliphatic heterocycles. The number of halogens is 1. The highest BCUT2D eigenvalue weighted by molar-refractivity contribution is 6.35. The molecule has 1 aromatic rings. The fourth-order valence-electron chi connectivity index (χ4n) is 4.19. The number of hydrazone groups is 1. The van der Waals surface area contributed by atoms with Crippen LogP contribution < -0.4 is 0 Å². The van der Waals surface area contributed by atoms with Crippen LogP contribution in [0, 0.1) is 5.92 Å². The smallest absolute Gasteiger partial charge is 0.432 e. The second kappa shape index (κ2) is 8.59. The maximum Gasteiger partial charge on any atom is 0.432 e. The average molecular weight is 394 g/mol. The molecule has 1 amide bonds. The Hall–Kier alpha value is -1.63. The zero-order chi connectivity index (χ0) is 19.4. The van der Waals surface area contributed by atoms with Gasteiger partial charge in [-0.2, -0.15) is 10.1 Å². The van der Waals surface area contributed by atoms with Crippen molar-refractivity contribution in [3.8, 4) is 0 Å². The molecule has 0 spiro atoms. The van der Waals surface area contributed by atoms with Gasteiger partial charge < -0.3 is 9.47 Å². The van der Waals surface area contributed by atoms with E-state index in [1.165, 1.54) is 5.01 Å². The van der Waals surface area contributed by atoms with Crippen molar-refractivity contribution < 1.29 is 14.3 Å². The van der Waals surface area contributed by atoms with Crippen LogP contribution in [-0.4, -0.2) is 65.7 Å². The second-order valence-corrected chi connectivity index (χ2v) is 7.35. The van der Waals surface area contributed by atoms with Crippen molar-refractivity contribution >= 4 is 23.4 Å². The molecule has 7 heteroatoms. The van der Waals surface area contributed by atoms with E-state index in [1.54, 1.807) is 6.92 Å². The molecule has 0 unspecified atom stereocenters. The van der Waals surface area contributed by atoms with Crippen LogP contribution in [-0.2, 0) is 9.47 Å². The van der Waals surface area contributed by atoms with Gasteiger partial charge in [-0.1, -0.05) is 44.2 Å². The molecule has 1 saturated heterocycles. The van der Waals surface area contributed by atoms with E-state index in [0.717, 1.165) is 18.7 Å². The number of morpholine rings is 1. The number of carbonyl (C=O) groups excluding carboxylic acids is 1. The molecule has 27 heavy (non-hydrogen) atoms. The van der Waals surface area contributed by atoms with Crippen molar-refractivity contribution in [2.75, 3.05) is 32.9 Å². The number of ether oxygens (including phenoxy) is 2. The first kappa shape index (κ1) is 20.1. The summed E-state index contributed by atoms with van der Waals surface area (Å²) in [6.45, 7) is 9.00. The van der Waals surface area contributed by atoms with Crippen LogP contribution in [0.3, 0.4) is 0 Å². The Morgan fingerprint density at radius 2 is 1.96 bits per heavy atom. The fraction of sp³-hybridized carbons (Fsp3) is 0.600. The minimum absolute atomic E-state index is 0.0422. The van der Waals surface area contributed by atoms with E-state index < -0.39 is 11.8 Å². The van der Waals surface area contributed by atoms with Gasteiger partial charge >= 0.3 is 6.09 Å². The molecular weight excluding hydrogens is 366 g/mol. The van der Waals surface area contributed by atoms with Crippen LogP contribution in [0.1, 0.15) is 32.8 Å². The van der Waals surface area contributed by atoms with Crippen LogP contribution in [0.15, 0.2) is 35.4 Å². The third-order valence-corrected chi connectivity index (χ3v) is 6.18. The second-order valence-electron chi connectivity index (χ2n) is 6.88. The molecule has 3 atom stereocenters. The van der Waals surface area contributed by atoms with Gasteiger partial charge in [-0.3, -0.25) is 4.90 Å². The average Bonchev–Trinajstić information content (AvgIpc) is 2.71. The van der Waals surface area contributed by atoms with E-state index in [4.69, 9.17) is 26.2 Å². The lowest BCUT2D eigenvalue weighted by atomic mass is 9.81. The highest BCUT2D eigenvalue weighted by atomic mass is 35.5. The van der Waals surface area contributed by atoms with Gasteiger partial charge in [0.2, 0.25) is 0 Å². The third kappa shape index (κ3) is 3.58. The van der Waals surface area contributed by atoms with Gasteiger partial charge in [-0.15, -0.1) is 11.6 Å². The van der Waals surface area contributed by atoms with Crippen molar-refractivity contribution in [3.05, 3.63) is 35.9 Å². The summed E-state index contributed by atoms with van der Waals surface area (Å²) in [4.78, 5) is 15.2. The molecule has 3 rings (SSSR count). The molecule has 148 valence electrons. The number of alkyl halides is 1. The number of rotatable bonds is 4. The Bertz CT molecular complexity index is 678. The van der Waals surface area contributed by atoms with Crippen molar-refractivity contribution in [1.29, 1.82) is 0 Å². The van der Waals surface area contributed by atoms with Gasteiger partial charge in [0.1, 0.15) is 5.66 Å². The maximum absolute atomic E-state index is 12.9. The van der Waals surface area contributed by atoms with E-state index in [1.807, 2.05) is 30.3 Å². The number of carbonyl (C=O) groups is 1. The molecule has 2 heterocycles. The SMILES string of the molecule is CCOC(=O)N1N=C(c2ccccc2)[C@H](Cl)[C@@H](C)[C@]1(CC)N1CCOCC1. The zero-order valence-corrected chi connectivity index (χ0v) is 17.0. The summed E-state index contributed by atoms with van der Waals surface area (Å²) in [6, 6.07) is 9.79. The highest BCUT2D eigenvalue weighted by Crippen LogP contribution is 2.42. The van der Waals surface area contributed by atoms with Gasteiger partial charge in [0.15, 0.2) is 0 Å². The van der Waals surface area contributed by atoms with E-state index >= 15 is 0 Å². The first-order valence-electron chi connectivity index (χ1n) is 9.64. The first-order valence-corrected chi connectivity index (χ1v) is 10.1. The summed E-state index contributed by atoms with van der Waals surface area (Å²) in [6.07, 6.45) is 0.261. The van der Waals surface area contributed by atoms with Gasteiger partial charge in [-0.25, -0.2) is 4.79 Å².